The number of amides is 1. The van der Waals surface area contributed by atoms with Crippen LogP contribution in [0.2, 0.25) is 0 Å². The Morgan fingerprint density at radius 2 is 1.95 bits per heavy atom. The van der Waals surface area contributed by atoms with E-state index in [0.717, 1.165) is 19.4 Å². The molecule has 2 aliphatic rings. The second kappa shape index (κ2) is 5.84. The highest BCUT2D eigenvalue weighted by atomic mass is 79.9. The summed E-state index contributed by atoms with van der Waals surface area (Å²) in [5.41, 5.74) is 0.198. The zero-order valence-corrected chi connectivity index (χ0v) is 13.0. The molecule has 3 rings (SSSR count). The Bertz CT molecular complexity index is 513. The number of likely N-dealkylation sites (tertiary alicyclic amines) is 1. The van der Waals surface area contributed by atoms with Crippen molar-refractivity contribution < 1.29 is 9.18 Å². The lowest BCUT2D eigenvalue weighted by Gasteiger charge is -2.29. The molecule has 1 heterocycles. The van der Waals surface area contributed by atoms with Crippen molar-refractivity contribution in [2.24, 2.45) is 5.92 Å². The Morgan fingerprint density at radius 1 is 1.20 bits per heavy atom. The second-order valence-electron chi connectivity index (χ2n) is 5.85. The van der Waals surface area contributed by atoms with Gasteiger partial charge < -0.3 is 4.90 Å². The molecule has 1 aromatic rings. The van der Waals surface area contributed by atoms with Crippen LogP contribution in [0.1, 0.15) is 48.9 Å². The number of halogens is 2. The number of nitrogens with zero attached hydrogens (tertiary/aromatic N) is 1. The van der Waals surface area contributed by atoms with Crippen molar-refractivity contribution in [2.75, 3.05) is 6.54 Å². The molecule has 0 bridgehead atoms. The van der Waals surface area contributed by atoms with Gasteiger partial charge in [-0.05, 0) is 59.7 Å². The van der Waals surface area contributed by atoms with Gasteiger partial charge in [-0.3, -0.25) is 4.79 Å². The largest absolute Gasteiger partial charge is 0.335 e. The van der Waals surface area contributed by atoms with Crippen molar-refractivity contribution in [3.63, 3.8) is 0 Å². The first-order valence-corrected chi connectivity index (χ1v) is 8.23. The minimum Gasteiger partial charge on any atom is -0.335 e. The number of rotatable bonds is 2. The van der Waals surface area contributed by atoms with Crippen LogP contribution in [0.15, 0.2) is 22.7 Å². The topological polar surface area (TPSA) is 20.3 Å². The van der Waals surface area contributed by atoms with Gasteiger partial charge >= 0.3 is 0 Å². The van der Waals surface area contributed by atoms with Crippen molar-refractivity contribution in [3.8, 4) is 0 Å². The van der Waals surface area contributed by atoms with E-state index in [0.29, 0.717) is 16.4 Å². The Hall–Kier alpha value is -0.900. The highest BCUT2D eigenvalue weighted by molar-refractivity contribution is 9.10. The molecule has 1 atom stereocenters. The summed E-state index contributed by atoms with van der Waals surface area (Å²) in [6.45, 7) is 0.770. The first kappa shape index (κ1) is 14.1. The first-order chi connectivity index (χ1) is 9.68. The number of benzene rings is 1. The molecule has 1 saturated heterocycles. The second-order valence-corrected chi connectivity index (χ2v) is 6.71. The van der Waals surface area contributed by atoms with Gasteiger partial charge in [0.1, 0.15) is 5.82 Å². The molecule has 1 aliphatic carbocycles. The summed E-state index contributed by atoms with van der Waals surface area (Å²) >= 11 is 3.16. The summed E-state index contributed by atoms with van der Waals surface area (Å²) in [5, 5.41) is 0. The van der Waals surface area contributed by atoms with Crippen LogP contribution in [0.3, 0.4) is 0 Å². The molecule has 0 aromatic heterocycles. The minimum absolute atomic E-state index is 0.141. The molecule has 108 valence electrons. The maximum Gasteiger partial charge on any atom is 0.257 e. The van der Waals surface area contributed by atoms with Crippen LogP contribution in [-0.2, 0) is 0 Å². The highest BCUT2D eigenvalue weighted by Gasteiger charge is 2.36. The molecule has 2 nitrogen and oxygen atoms in total. The van der Waals surface area contributed by atoms with Crippen molar-refractivity contribution in [1.29, 1.82) is 0 Å². The van der Waals surface area contributed by atoms with Crippen molar-refractivity contribution in [3.05, 3.63) is 34.1 Å². The predicted molar refractivity (Wildman–Crippen MR) is 80.1 cm³/mol. The summed E-state index contributed by atoms with van der Waals surface area (Å²) < 4.78 is 14.5. The fraction of sp³-hybridized carbons (Fsp3) is 0.562. The summed E-state index contributed by atoms with van der Waals surface area (Å²) in [6.07, 6.45) is 7.10. The fourth-order valence-corrected chi connectivity index (χ4v) is 4.07. The quantitative estimate of drug-likeness (QED) is 0.782. The number of hydrogen-bond donors (Lipinski definition) is 0. The molecule has 20 heavy (non-hydrogen) atoms. The zero-order chi connectivity index (χ0) is 14.1. The van der Waals surface area contributed by atoms with Crippen LogP contribution in [0.4, 0.5) is 4.39 Å². The monoisotopic (exact) mass is 339 g/mol. The number of hydrogen-bond acceptors (Lipinski definition) is 1. The van der Waals surface area contributed by atoms with Gasteiger partial charge in [0.25, 0.3) is 5.91 Å². The molecule has 1 saturated carbocycles. The average Bonchev–Trinajstić information content (AvgIpc) is 3.10. The number of carbonyl (C=O) groups excluding carboxylic acids is 1. The van der Waals surface area contributed by atoms with E-state index in [2.05, 4.69) is 15.9 Å². The standard InChI is InChI=1S/C16H19BrFNO/c17-13-8-3-7-12(15(13)18)16(20)19-10-4-9-14(19)11-5-1-2-6-11/h3,7-8,11,14H,1-2,4-6,9-10H2. The van der Waals surface area contributed by atoms with E-state index in [1.807, 2.05) is 4.90 Å². The van der Waals surface area contributed by atoms with E-state index in [-0.39, 0.29) is 11.5 Å². The van der Waals surface area contributed by atoms with E-state index in [9.17, 15) is 9.18 Å². The normalized spacial score (nSPS) is 23.5. The van der Waals surface area contributed by atoms with E-state index < -0.39 is 5.82 Å². The molecule has 0 N–H and O–H groups in total. The van der Waals surface area contributed by atoms with Gasteiger partial charge in [0, 0.05) is 12.6 Å². The predicted octanol–water partition coefficient (Wildman–Crippen LogP) is 4.38. The Morgan fingerprint density at radius 3 is 2.70 bits per heavy atom. The van der Waals surface area contributed by atoms with E-state index in [1.54, 1.807) is 18.2 Å². The van der Waals surface area contributed by atoms with Crippen molar-refractivity contribution >= 4 is 21.8 Å². The fourth-order valence-electron chi connectivity index (χ4n) is 3.70. The summed E-state index contributed by atoms with van der Waals surface area (Å²) in [7, 11) is 0. The van der Waals surface area contributed by atoms with E-state index in [1.165, 1.54) is 25.7 Å². The molecular weight excluding hydrogens is 321 g/mol. The van der Waals surface area contributed by atoms with Gasteiger partial charge in [-0.1, -0.05) is 18.9 Å². The SMILES string of the molecule is O=C(c1cccc(Br)c1F)N1CCCC1C1CCCC1. The van der Waals surface area contributed by atoms with Crippen LogP contribution in [0.25, 0.3) is 0 Å². The lowest BCUT2D eigenvalue weighted by atomic mass is 9.95. The summed E-state index contributed by atoms with van der Waals surface area (Å²) in [4.78, 5) is 14.6. The molecule has 1 aromatic carbocycles. The lowest BCUT2D eigenvalue weighted by Crippen LogP contribution is -2.39. The number of carbonyl (C=O) groups is 1. The molecule has 0 radical (unpaired) electrons. The van der Waals surface area contributed by atoms with Crippen LogP contribution in [0.5, 0.6) is 0 Å². The molecule has 1 amide bonds. The van der Waals surface area contributed by atoms with Crippen LogP contribution in [-0.4, -0.2) is 23.4 Å². The van der Waals surface area contributed by atoms with Gasteiger partial charge in [0.2, 0.25) is 0 Å². The molecule has 1 unspecified atom stereocenters. The van der Waals surface area contributed by atoms with Gasteiger partial charge in [-0.25, -0.2) is 4.39 Å². The maximum atomic E-state index is 14.1. The third-order valence-electron chi connectivity index (χ3n) is 4.69. The summed E-state index contributed by atoms with van der Waals surface area (Å²) in [5.74, 6) is 0.0458. The van der Waals surface area contributed by atoms with Crippen LogP contribution in [0, 0.1) is 11.7 Å². The molecular formula is C16H19BrFNO. The Kier molecular flexibility index (Phi) is 4.11. The van der Waals surface area contributed by atoms with Gasteiger partial charge in [-0.2, -0.15) is 0 Å². The van der Waals surface area contributed by atoms with Crippen molar-refractivity contribution in [1.82, 2.24) is 4.90 Å². The van der Waals surface area contributed by atoms with Crippen molar-refractivity contribution in [2.45, 2.75) is 44.6 Å². The van der Waals surface area contributed by atoms with E-state index >= 15 is 0 Å². The minimum atomic E-state index is -0.436. The third kappa shape index (κ3) is 2.50. The average molecular weight is 340 g/mol. The summed E-state index contributed by atoms with van der Waals surface area (Å²) in [6, 6.07) is 5.27. The Labute approximate surface area is 127 Å². The zero-order valence-electron chi connectivity index (χ0n) is 11.4. The highest BCUT2D eigenvalue weighted by Crippen LogP contribution is 2.36. The van der Waals surface area contributed by atoms with Gasteiger partial charge in [-0.15, -0.1) is 0 Å². The Balaban J connectivity index is 1.83. The van der Waals surface area contributed by atoms with E-state index in [4.69, 9.17) is 0 Å². The first-order valence-electron chi connectivity index (χ1n) is 7.43. The van der Waals surface area contributed by atoms with Gasteiger partial charge in [0.05, 0.1) is 10.0 Å². The van der Waals surface area contributed by atoms with Crippen LogP contribution >= 0.6 is 15.9 Å². The van der Waals surface area contributed by atoms with Crippen LogP contribution < -0.4 is 0 Å². The molecule has 2 fully saturated rings. The molecule has 4 heteroatoms. The lowest BCUT2D eigenvalue weighted by molar-refractivity contribution is 0.0684. The van der Waals surface area contributed by atoms with Gasteiger partial charge in [0.15, 0.2) is 0 Å². The smallest absolute Gasteiger partial charge is 0.257 e. The molecule has 0 spiro atoms. The third-order valence-corrected chi connectivity index (χ3v) is 5.30. The molecule has 1 aliphatic heterocycles. The maximum absolute atomic E-state index is 14.1.